The molecule has 1 unspecified atom stereocenters. The van der Waals surface area contributed by atoms with E-state index >= 15 is 0 Å². The number of aliphatic hydroxyl groups is 1. The molecule has 1 heteroatoms. The van der Waals surface area contributed by atoms with Crippen LogP contribution in [0.25, 0.3) is 0 Å². The van der Waals surface area contributed by atoms with Gasteiger partial charge in [0.25, 0.3) is 0 Å². The van der Waals surface area contributed by atoms with Crippen LogP contribution in [-0.2, 0) is 0 Å². The molecule has 1 nitrogen and oxygen atoms in total. The van der Waals surface area contributed by atoms with Gasteiger partial charge in [-0.2, -0.15) is 0 Å². The Morgan fingerprint density at radius 2 is 2.00 bits per heavy atom. The first-order chi connectivity index (χ1) is 5.49. The van der Waals surface area contributed by atoms with Crippen molar-refractivity contribution in [2.24, 2.45) is 11.8 Å². The van der Waals surface area contributed by atoms with Crippen molar-refractivity contribution >= 4 is 0 Å². The summed E-state index contributed by atoms with van der Waals surface area (Å²) in [7, 11) is 0. The molecule has 1 aliphatic carbocycles. The summed E-state index contributed by atoms with van der Waals surface area (Å²) in [5.41, 5.74) is -0.404. The van der Waals surface area contributed by atoms with Crippen LogP contribution in [0.5, 0.6) is 0 Å². The Morgan fingerprint density at radius 1 is 1.42 bits per heavy atom. The molecule has 12 heavy (non-hydrogen) atoms. The molecule has 0 bridgehead atoms. The third-order valence-electron chi connectivity index (χ3n) is 2.80. The van der Waals surface area contributed by atoms with Gasteiger partial charge in [0, 0.05) is 0 Å². The number of rotatable bonds is 4. The summed E-state index contributed by atoms with van der Waals surface area (Å²) in [5, 5.41) is 10.0. The highest BCUT2D eigenvalue weighted by molar-refractivity contribution is 4.81. The Balaban J connectivity index is 2.25. The molecule has 0 aliphatic heterocycles. The van der Waals surface area contributed by atoms with Crippen LogP contribution in [-0.4, -0.2) is 10.7 Å². The first kappa shape index (κ1) is 10.0. The van der Waals surface area contributed by atoms with Gasteiger partial charge in [0.15, 0.2) is 0 Å². The van der Waals surface area contributed by atoms with Gasteiger partial charge in [0.05, 0.1) is 5.60 Å². The Morgan fingerprint density at radius 3 is 2.33 bits per heavy atom. The first-order valence-corrected chi connectivity index (χ1v) is 5.22. The minimum atomic E-state index is -0.404. The van der Waals surface area contributed by atoms with E-state index in [-0.39, 0.29) is 0 Å². The maximum atomic E-state index is 10.0. The second-order valence-electron chi connectivity index (χ2n) is 5.10. The summed E-state index contributed by atoms with van der Waals surface area (Å²) >= 11 is 0. The van der Waals surface area contributed by atoms with Gasteiger partial charge in [0.1, 0.15) is 0 Å². The molecule has 1 saturated carbocycles. The van der Waals surface area contributed by atoms with Crippen LogP contribution < -0.4 is 0 Å². The fourth-order valence-electron chi connectivity index (χ4n) is 2.28. The van der Waals surface area contributed by atoms with E-state index in [1.807, 2.05) is 6.92 Å². The van der Waals surface area contributed by atoms with Crippen LogP contribution in [0.3, 0.4) is 0 Å². The maximum Gasteiger partial charge on any atom is 0.0624 e. The van der Waals surface area contributed by atoms with Gasteiger partial charge in [-0.15, -0.1) is 0 Å². The van der Waals surface area contributed by atoms with Crippen molar-refractivity contribution in [2.45, 2.75) is 58.5 Å². The molecule has 1 aliphatic rings. The van der Waals surface area contributed by atoms with Crippen molar-refractivity contribution in [3.63, 3.8) is 0 Å². The Labute approximate surface area is 76.2 Å². The summed E-state index contributed by atoms with van der Waals surface area (Å²) in [6.45, 7) is 6.34. The molecule has 0 saturated heterocycles. The van der Waals surface area contributed by atoms with Gasteiger partial charge in [-0.3, -0.25) is 0 Å². The zero-order valence-electron chi connectivity index (χ0n) is 8.64. The molecule has 1 fully saturated rings. The van der Waals surface area contributed by atoms with E-state index in [0.717, 1.165) is 18.8 Å². The minimum absolute atomic E-state index is 0.404. The van der Waals surface area contributed by atoms with Gasteiger partial charge in [0.2, 0.25) is 0 Å². The summed E-state index contributed by atoms with van der Waals surface area (Å²) in [6, 6.07) is 0. The van der Waals surface area contributed by atoms with E-state index in [2.05, 4.69) is 13.8 Å². The fraction of sp³-hybridized carbons (Fsp3) is 1.00. The topological polar surface area (TPSA) is 20.2 Å². The number of hydrogen-bond acceptors (Lipinski definition) is 1. The van der Waals surface area contributed by atoms with Crippen molar-refractivity contribution in [1.29, 1.82) is 0 Å². The van der Waals surface area contributed by atoms with Gasteiger partial charge in [-0.05, 0) is 31.6 Å². The molecule has 0 radical (unpaired) electrons. The van der Waals surface area contributed by atoms with E-state index < -0.39 is 5.60 Å². The van der Waals surface area contributed by atoms with Crippen LogP contribution >= 0.6 is 0 Å². The second kappa shape index (κ2) is 3.78. The Kier molecular flexibility index (Phi) is 3.16. The monoisotopic (exact) mass is 170 g/mol. The molecule has 1 atom stereocenters. The van der Waals surface area contributed by atoms with Gasteiger partial charge < -0.3 is 5.11 Å². The van der Waals surface area contributed by atoms with Crippen molar-refractivity contribution < 1.29 is 5.11 Å². The van der Waals surface area contributed by atoms with E-state index in [4.69, 9.17) is 0 Å². The molecule has 72 valence electrons. The van der Waals surface area contributed by atoms with Gasteiger partial charge in [-0.1, -0.05) is 33.1 Å². The van der Waals surface area contributed by atoms with Crippen molar-refractivity contribution in [3.8, 4) is 0 Å². The highest BCUT2D eigenvalue weighted by Gasteiger charge is 2.29. The summed E-state index contributed by atoms with van der Waals surface area (Å²) in [5.74, 6) is 1.43. The summed E-state index contributed by atoms with van der Waals surface area (Å²) in [6.07, 6.45) is 6.03. The van der Waals surface area contributed by atoms with E-state index in [1.165, 1.54) is 19.3 Å². The Bertz CT molecular complexity index is 134. The van der Waals surface area contributed by atoms with Crippen LogP contribution in [0.15, 0.2) is 0 Å². The van der Waals surface area contributed by atoms with Crippen LogP contribution in [0.2, 0.25) is 0 Å². The largest absolute Gasteiger partial charge is 0.390 e. The predicted octanol–water partition coefficient (Wildman–Crippen LogP) is 2.97. The summed E-state index contributed by atoms with van der Waals surface area (Å²) in [4.78, 5) is 0. The van der Waals surface area contributed by atoms with Crippen molar-refractivity contribution in [3.05, 3.63) is 0 Å². The zero-order chi connectivity index (χ0) is 9.19. The lowest BCUT2D eigenvalue weighted by Crippen LogP contribution is -2.31. The zero-order valence-corrected chi connectivity index (χ0v) is 8.64. The summed E-state index contributed by atoms with van der Waals surface area (Å²) < 4.78 is 0. The molecule has 0 spiro atoms. The third kappa shape index (κ3) is 3.14. The SMILES string of the molecule is CC(C)CC(C)(O)CC1CCC1. The van der Waals surface area contributed by atoms with Crippen LogP contribution in [0.1, 0.15) is 52.9 Å². The molecule has 1 N–H and O–H groups in total. The standard InChI is InChI=1S/C11H22O/c1-9(2)7-11(3,12)8-10-5-4-6-10/h9-10,12H,4-8H2,1-3H3. The van der Waals surface area contributed by atoms with Crippen molar-refractivity contribution in [2.75, 3.05) is 0 Å². The van der Waals surface area contributed by atoms with Gasteiger partial charge >= 0.3 is 0 Å². The van der Waals surface area contributed by atoms with Crippen molar-refractivity contribution in [1.82, 2.24) is 0 Å². The Hall–Kier alpha value is -0.0400. The molecule has 0 aromatic heterocycles. The van der Waals surface area contributed by atoms with E-state index in [9.17, 15) is 5.11 Å². The molecule has 0 aromatic carbocycles. The highest BCUT2D eigenvalue weighted by atomic mass is 16.3. The average Bonchev–Trinajstić information content (AvgIpc) is 1.76. The van der Waals surface area contributed by atoms with E-state index in [0.29, 0.717) is 5.92 Å². The molecule has 0 heterocycles. The van der Waals surface area contributed by atoms with Crippen LogP contribution in [0.4, 0.5) is 0 Å². The third-order valence-corrected chi connectivity index (χ3v) is 2.80. The molecular formula is C11H22O. The quantitative estimate of drug-likeness (QED) is 0.687. The minimum Gasteiger partial charge on any atom is -0.390 e. The molecule has 0 aromatic rings. The molecule has 1 rings (SSSR count). The average molecular weight is 170 g/mol. The lowest BCUT2D eigenvalue weighted by molar-refractivity contribution is 0.00246. The van der Waals surface area contributed by atoms with E-state index in [1.54, 1.807) is 0 Å². The second-order valence-corrected chi connectivity index (χ2v) is 5.10. The smallest absolute Gasteiger partial charge is 0.0624 e. The maximum absolute atomic E-state index is 10.0. The lowest BCUT2D eigenvalue weighted by atomic mass is 9.76. The highest BCUT2D eigenvalue weighted by Crippen LogP contribution is 2.35. The molecular weight excluding hydrogens is 148 g/mol. The predicted molar refractivity (Wildman–Crippen MR) is 52.0 cm³/mol. The lowest BCUT2D eigenvalue weighted by Gasteiger charge is -2.34. The first-order valence-electron chi connectivity index (χ1n) is 5.22. The fourth-order valence-corrected chi connectivity index (χ4v) is 2.28. The number of hydrogen-bond donors (Lipinski definition) is 1. The molecule has 0 amide bonds. The van der Waals surface area contributed by atoms with Crippen LogP contribution in [0, 0.1) is 11.8 Å². The van der Waals surface area contributed by atoms with Gasteiger partial charge in [-0.25, -0.2) is 0 Å². The normalized spacial score (nSPS) is 23.8.